The first kappa shape index (κ1) is 20.0. The number of carbonyl (C=O) groups excluding carboxylic acids is 1. The number of unbranched alkanes of at least 4 members (excludes halogenated alkanes) is 1. The number of nitrogens with zero attached hydrogens (tertiary/aromatic N) is 1. The van der Waals surface area contributed by atoms with Gasteiger partial charge in [-0.15, -0.1) is 0 Å². The molecule has 0 aromatic heterocycles. The number of ether oxygens (including phenoxy) is 2. The van der Waals surface area contributed by atoms with E-state index in [0.29, 0.717) is 13.0 Å². The maximum Gasteiger partial charge on any atom is 0.224 e. The van der Waals surface area contributed by atoms with Crippen LogP contribution >= 0.6 is 0 Å². The van der Waals surface area contributed by atoms with Crippen molar-refractivity contribution in [2.24, 2.45) is 0 Å². The van der Waals surface area contributed by atoms with Crippen molar-refractivity contribution in [3.8, 4) is 11.5 Å². The van der Waals surface area contributed by atoms with Gasteiger partial charge in [-0.1, -0.05) is 12.1 Å². The lowest BCUT2D eigenvalue weighted by Crippen LogP contribution is -2.38. The van der Waals surface area contributed by atoms with Gasteiger partial charge in [-0.05, 0) is 55.8 Å². The fourth-order valence-corrected chi connectivity index (χ4v) is 3.03. The molecule has 2 aromatic rings. The minimum absolute atomic E-state index is 0.0170. The van der Waals surface area contributed by atoms with Gasteiger partial charge in [-0.2, -0.15) is 0 Å². The Hall–Kier alpha value is -2.73. The summed E-state index contributed by atoms with van der Waals surface area (Å²) >= 11 is 0. The number of benzene rings is 2. The molecule has 2 N–H and O–H groups in total. The zero-order chi connectivity index (χ0) is 19.8. The van der Waals surface area contributed by atoms with Gasteiger partial charge in [-0.3, -0.25) is 4.79 Å². The van der Waals surface area contributed by atoms with Crippen LogP contribution in [0.1, 0.15) is 19.3 Å². The largest absolute Gasteiger partial charge is 0.486 e. The van der Waals surface area contributed by atoms with Crippen LogP contribution in [0.25, 0.3) is 0 Å². The Morgan fingerprint density at radius 1 is 1.07 bits per heavy atom. The van der Waals surface area contributed by atoms with E-state index < -0.39 is 0 Å². The first-order valence-corrected chi connectivity index (χ1v) is 9.78. The van der Waals surface area contributed by atoms with E-state index in [-0.39, 0.29) is 12.0 Å². The van der Waals surface area contributed by atoms with Gasteiger partial charge in [0.05, 0.1) is 0 Å². The number of carbonyl (C=O) groups is 1. The molecule has 0 spiro atoms. The van der Waals surface area contributed by atoms with Gasteiger partial charge in [0.1, 0.15) is 12.7 Å². The molecule has 0 aliphatic carbocycles. The molecule has 0 bridgehead atoms. The van der Waals surface area contributed by atoms with Crippen molar-refractivity contribution < 1.29 is 14.3 Å². The summed E-state index contributed by atoms with van der Waals surface area (Å²) in [6, 6.07) is 15.6. The topological polar surface area (TPSA) is 62.8 Å². The van der Waals surface area contributed by atoms with Gasteiger partial charge in [0.2, 0.25) is 5.91 Å². The summed E-state index contributed by atoms with van der Waals surface area (Å²) in [7, 11) is 3.99. The summed E-state index contributed by atoms with van der Waals surface area (Å²) in [4.78, 5) is 14.1. The molecule has 0 radical (unpaired) electrons. The highest BCUT2D eigenvalue weighted by molar-refractivity contribution is 5.90. The summed E-state index contributed by atoms with van der Waals surface area (Å²) in [6.07, 6.45) is 2.33. The first-order chi connectivity index (χ1) is 13.6. The summed E-state index contributed by atoms with van der Waals surface area (Å²) < 4.78 is 11.6. The number of hydrogen-bond donors (Lipinski definition) is 2. The molecule has 6 nitrogen and oxygen atoms in total. The van der Waals surface area contributed by atoms with Crippen molar-refractivity contribution in [2.45, 2.75) is 25.4 Å². The molecule has 1 amide bonds. The summed E-state index contributed by atoms with van der Waals surface area (Å²) in [6.45, 7) is 2.14. The molecule has 1 heterocycles. The number of amides is 1. The van der Waals surface area contributed by atoms with Crippen molar-refractivity contribution >= 4 is 17.3 Å². The molecule has 0 saturated carbocycles. The molecule has 1 aliphatic heterocycles. The van der Waals surface area contributed by atoms with Gasteiger partial charge >= 0.3 is 0 Å². The monoisotopic (exact) mass is 383 g/mol. The quantitative estimate of drug-likeness (QED) is 0.651. The third kappa shape index (κ3) is 5.89. The van der Waals surface area contributed by atoms with Crippen LogP contribution in [0.2, 0.25) is 0 Å². The second-order valence-corrected chi connectivity index (χ2v) is 7.15. The predicted octanol–water partition coefficient (Wildman–Crippen LogP) is 3.29. The molecule has 1 atom stereocenters. The number of anilines is 2. The summed E-state index contributed by atoms with van der Waals surface area (Å²) in [5.74, 6) is 1.66. The average Bonchev–Trinajstić information content (AvgIpc) is 2.71. The second kappa shape index (κ2) is 9.99. The summed E-state index contributed by atoms with van der Waals surface area (Å²) in [5.41, 5.74) is 1.95. The maximum atomic E-state index is 12.0. The standard InChI is InChI=1S/C22H29N3O3/c1-25(2)18-12-10-17(11-13-18)24-22(26)9-5-6-14-23-15-19-16-27-20-7-3-4-8-21(20)28-19/h3-4,7-8,10-13,19,23H,5-6,9,14-16H2,1-2H3,(H,24,26). The maximum absolute atomic E-state index is 12.0. The lowest BCUT2D eigenvalue weighted by Gasteiger charge is -2.26. The van der Waals surface area contributed by atoms with Crippen molar-refractivity contribution in [1.82, 2.24) is 5.32 Å². The number of rotatable bonds is 9. The Morgan fingerprint density at radius 2 is 1.82 bits per heavy atom. The molecule has 6 heteroatoms. The highest BCUT2D eigenvalue weighted by Crippen LogP contribution is 2.30. The molecular formula is C22H29N3O3. The van der Waals surface area contributed by atoms with E-state index in [1.165, 1.54) is 0 Å². The van der Waals surface area contributed by atoms with E-state index in [9.17, 15) is 4.79 Å². The summed E-state index contributed by atoms with van der Waals surface area (Å²) in [5, 5.41) is 6.33. The number of fused-ring (bicyclic) bond motifs is 1. The van der Waals surface area contributed by atoms with Gasteiger partial charge in [-0.25, -0.2) is 0 Å². The Morgan fingerprint density at radius 3 is 2.57 bits per heavy atom. The highest BCUT2D eigenvalue weighted by atomic mass is 16.6. The predicted molar refractivity (Wildman–Crippen MR) is 112 cm³/mol. The van der Waals surface area contributed by atoms with E-state index in [4.69, 9.17) is 9.47 Å². The van der Waals surface area contributed by atoms with E-state index >= 15 is 0 Å². The fraction of sp³-hybridized carbons (Fsp3) is 0.409. The lowest BCUT2D eigenvalue weighted by molar-refractivity contribution is -0.116. The molecule has 0 fully saturated rings. The smallest absolute Gasteiger partial charge is 0.224 e. The lowest BCUT2D eigenvalue weighted by atomic mass is 10.2. The van der Waals surface area contributed by atoms with Crippen LogP contribution in [0, 0.1) is 0 Å². The Labute approximate surface area is 166 Å². The third-order valence-electron chi connectivity index (χ3n) is 4.61. The van der Waals surface area contributed by atoms with Crippen LogP contribution in [0.15, 0.2) is 48.5 Å². The highest BCUT2D eigenvalue weighted by Gasteiger charge is 2.19. The number of nitrogens with one attached hydrogen (secondary N) is 2. The van der Waals surface area contributed by atoms with E-state index in [1.807, 2.05) is 67.5 Å². The number of para-hydroxylation sites is 2. The van der Waals surface area contributed by atoms with Gasteiger partial charge in [0, 0.05) is 38.4 Å². The van der Waals surface area contributed by atoms with E-state index in [2.05, 4.69) is 10.6 Å². The molecule has 2 aromatic carbocycles. The second-order valence-electron chi connectivity index (χ2n) is 7.15. The molecule has 28 heavy (non-hydrogen) atoms. The normalized spacial score (nSPS) is 15.1. The first-order valence-electron chi connectivity index (χ1n) is 9.78. The zero-order valence-electron chi connectivity index (χ0n) is 16.6. The molecule has 150 valence electrons. The third-order valence-corrected chi connectivity index (χ3v) is 4.61. The van der Waals surface area contributed by atoms with Crippen LogP contribution in [0.3, 0.4) is 0 Å². The van der Waals surface area contributed by atoms with Gasteiger partial charge in [0.15, 0.2) is 11.5 Å². The van der Waals surface area contributed by atoms with Crippen LogP contribution < -0.4 is 25.0 Å². The van der Waals surface area contributed by atoms with Crippen molar-refractivity contribution in [3.63, 3.8) is 0 Å². The SMILES string of the molecule is CN(C)c1ccc(NC(=O)CCCCNCC2COc3ccccc3O2)cc1. The van der Waals surface area contributed by atoms with Crippen molar-refractivity contribution in [2.75, 3.05) is 44.0 Å². The minimum atomic E-state index is 0.0170. The van der Waals surface area contributed by atoms with Crippen LogP contribution in [-0.4, -0.2) is 45.8 Å². The molecule has 3 rings (SSSR count). The number of hydrogen-bond acceptors (Lipinski definition) is 5. The van der Waals surface area contributed by atoms with Gasteiger partial charge < -0.3 is 25.0 Å². The van der Waals surface area contributed by atoms with Crippen LogP contribution in [-0.2, 0) is 4.79 Å². The minimum Gasteiger partial charge on any atom is -0.486 e. The Kier molecular flexibility index (Phi) is 7.14. The average molecular weight is 383 g/mol. The molecule has 0 saturated heterocycles. The Balaban J connectivity index is 1.26. The van der Waals surface area contributed by atoms with Crippen LogP contribution in [0.4, 0.5) is 11.4 Å². The van der Waals surface area contributed by atoms with Crippen molar-refractivity contribution in [3.05, 3.63) is 48.5 Å². The Bertz CT molecular complexity index is 762. The van der Waals surface area contributed by atoms with E-state index in [0.717, 1.165) is 48.8 Å². The van der Waals surface area contributed by atoms with Crippen LogP contribution in [0.5, 0.6) is 11.5 Å². The zero-order valence-corrected chi connectivity index (χ0v) is 16.6. The molecule has 1 unspecified atom stereocenters. The molecule has 1 aliphatic rings. The molecular weight excluding hydrogens is 354 g/mol. The fourth-order valence-electron chi connectivity index (χ4n) is 3.03. The van der Waals surface area contributed by atoms with E-state index in [1.54, 1.807) is 0 Å². The van der Waals surface area contributed by atoms with Crippen molar-refractivity contribution in [1.29, 1.82) is 0 Å². The van der Waals surface area contributed by atoms with Gasteiger partial charge in [0.25, 0.3) is 0 Å².